The van der Waals surface area contributed by atoms with E-state index in [1.165, 1.54) is 11.1 Å². The van der Waals surface area contributed by atoms with Gasteiger partial charge < -0.3 is 28.6 Å². The number of hydrogen-bond acceptors (Lipinski definition) is 7. The molecule has 1 atom stereocenters. The first-order valence-corrected chi connectivity index (χ1v) is 17.8. The number of allylic oxidation sites excluding steroid dienone is 1. The molecule has 2 aliphatic rings. The maximum atomic E-state index is 11.6. The van der Waals surface area contributed by atoms with E-state index >= 15 is 0 Å². The summed E-state index contributed by atoms with van der Waals surface area (Å²) < 4.78 is 28.4. The van der Waals surface area contributed by atoms with Crippen LogP contribution in [0.15, 0.2) is 72.8 Å². The van der Waals surface area contributed by atoms with Crippen LogP contribution < -0.4 is 4.74 Å². The van der Waals surface area contributed by atoms with Crippen LogP contribution in [0.5, 0.6) is 5.75 Å². The van der Waals surface area contributed by atoms with E-state index in [-0.39, 0.29) is 0 Å². The van der Waals surface area contributed by atoms with Crippen molar-refractivity contribution in [2.75, 3.05) is 52.7 Å². The minimum Gasteiger partial charge on any atom is -0.493 e. The van der Waals surface area contributed by atoms with Crippen LogP contribution in [0.4, 0.5) is 0 Å². The lowest BCUT2D eigenvalue weighted by atomic mass is 9.97. The predicted octanol–water partition coefficient (Wildman–Crippen LogP) is 6.68. The van der Waals surface area contributed by atoms with Gasteiger partial charge in [0.15, 0.2) is 6.29 Å². The summed E-state index contributed by atoms with van der Waals surface area (Å²) in [7, 11) is 0. The lowest BCUT2D eigenvalue weighted by molar-refractivity contribution is -0.103. The highest BCUT2D eigenvalue weighted by Gasteiger charge is 2.28. The number of aliphatic hydroxyl groups is 1. The Morgan fingerprint density at radius 3 is 2.59 bits per heavy atom. The Morgan fingerprint density at radius 2 is 1.73 bits per heavy atom. The Labute approximate surface area is 288 Å². The number of ether oxygens (including phenoxy) is 4. The molecule has 5 aromatic rings. The number of aliphatic hydroxyl groups excluding tert-OH is 1. The van der Waals surface area contributed by atoms with Crippen molar-refractivity contribution in [2.24, 2.45) is 0 Å². The van der Waals surface area contributed by atoms with Gasteiger partial charge in [-0.1, -0.05) is 73.7 Å². The number of para-hydroxylation sites is 1. The molecule has 2 aliphatic heterocycles. The Bertz CT molecular complexity index is 1900. The third-order valence-electron chi connectivity index (χ3n) is 9.74. The van der Waals surface area contributed by atoms with E-state index < -0.39 is 6.29 Å². The molecular weight excluding hydrogens is 616 g/mol. The van der Waals surface area contributed by atoms with Crippen LogP contribution in [0, 0.1) is 0 Å². The van der Waals surface area contributed by atoms with Crippen molar-refractivity contribution in [1.82, 2.24) is 19.2 Å². The molecule has 3 aromatic carbocycles. The second-order valence-electron chi connectivity index (χ2n) is 12.7. The first-order valence-electron chi connectivity index (χ1n) is 17.8. The van der Waals surface area contributed by atoms with E-state index in [9.17, 15) is 5.11 Å². The molecule has 0 spiro atoms. The van der Waals surface area contributed by atoms with Gasteiger partial charge in [0.05, 0.1) is 56.5 Å². The zero-order valence-electron chi connectivity index (χ0n) is 28.8. The van der Waals surface area contributed by atoms with Crippen molar-refractivity contribution in [2.45, 2.75) is 59.1 Å². The van der Waals surface area contributed by atoms with Gasteiger partial charge in [0.25, 0.3) is 0 Å². The maximum absolute atomic E-state index is 11.6. The summed E-state index contributed by atoms with van der Waals surface area (Å²) in [6.07, 6.45) is 5.48. The van der Waals surface area contributed by atoms with Crippen molar-refractivity contribution in [3.8, 4) is 16.9 Å². The van der Waals surface area contributed by atoms with E-state index in [1.807, 2.05) is 25.1 Å². The summed E-state index contributed by atoms with van der Waals surface area (Å²) >= 11 is 0. The monoisotopic (exact) mass is 664 g/mol. The number of nitrogens with zero attached hydrogens (tertiary/aromatic N) is 4. The van der Waals surface area contributed by atoms with E-state index in [0.29, 0.717) is 33.0 Å². The second kappa shape index (κ2) is 15.7. The fourth-order valence-electron chi connectivity index (χ4n) is 7.47. The molecule has 0 radical (unpaired) electrons. The van der Waals surface area contributed by atoms with Gasteiger partial charge in [0, 0.05) is 60.4 Å². The topological polar surface area (TPSA) is 83.1 Å². The van der Waals surface area contributed by atoms with Crippen molar-refractivity contribution in [3.05, 3.63) is 95.5 Å². The highest BCUT2D eigenvalue weighted by molar-refractivity contribution is 5.99. The van der Waals surface area contributed by atoms with Gasteiger partial charge in [-0.05, 0) is 43.2 Å². The van der Waals surface area contributed by atoms with Gasteiger partial charge in [-0.2, -0.15) is 5.10 Å². The van der Waals surface area contributed by atoms with Crippen LogP contribution in [0.3, 0.4) is 0 Å². The van der Waals surface area contributed by atoms with E-state index in [1.54, 1.807) is 0 Å². The number of aryl methyl sites for hydroxylation is 1. The van der Waals surface area contributed by atoms with Gasteiger partial charge in [-0.15, -0.1) is 0 Å². The van der Waals surface area contributed by atoms with Crippen LogP contribution in [0.25, 0.3) is 32.8 Å². The van der Waals surface area contributed by atoms with Gasteiger partial charge >= 0.3 is 0 Å². The summed E-state index contributed by atoms with van der Waals surface area (Å²) in [5.74, 6) is 0.893. The summed E-state index contributed by atoms with van der Waals surface area (Å²) in [4.78, 5) is 2.45. The van der Waals surface area contributed by atoms with Crippen molar-refractivity contribution in [1.29, 1.82) is 0 Å². The van der Waals surface area contributed by atoms with Gasteiger partial charge in [0.2, 0.25) is 0 Å². The maximum Gasteiger partial charge on any atom is 0.196 e. The number of rotatable bonds is 12. The number of fused-ring (bicyclic) bond motifs is 3. The Balaban J connectivity index is 1.28. The minimum absolute atomic E-state index is 0.406. The first kappa shape index (κ1) is 33.5. The van der Waals surface area contributed by atoms with Crippen molar-refractivity contribution < 1.29 is 24.1 Å². The number of aromatic nitrogens is 3. The predicted molar refractivity (Wildman–Crippen MR) is 193 cm³/mol. The minimum atomic E-state index is -1.06. The smallest absolute Gasteiger partial charge is 0.196 e. The molecular formula is C40H48N4O5. The molecule has 1 saturated heterocycles. The van der Waals surface area contributed by atoms with Gasteiger partial charge in [0.1, 0.15) is 5.75 Å². The number of morpholine rings is 1. The molecule has 2 aromatic heterocycles. The molecule has 0 bridgehead atoms. The quantitative estimate of drug-likeness (QED) is 0.0906. The normalized spacial score (nSPS) is 16.8. The highest BCUT2D eigenvalue weighted by atomic mass is 16.6. The largest absolute Gasteiger partial charge is 0.493 e. The van der Waals surface area contributed by atoms with Crippen LogP contribution in [0.2, 0.25) is 0 Å². The summed E-state index contributed by atoms with van der Waals surface area (Å²) in [6, 6.07) is 21.0. The Hall–Kier alpha value is -3.99. The average molecular weight is 665 g/mol. The number of hydrogen-bond donors (Lipinski definition) is 1. The zero-order valence-corrected chi connectivity index (χ0v) is 28.8. The van der Waals surface area contributed by atoms with Crippen LogP contribution in [-0.2, 0) is 46.7 Å². The molecule has 258 valence electrons. The fourth-order valence-corrected chi connectivity index (χ4v) is 7.47. The van der Waals surface area contributed by atoms with E-state index in [2.05, 4.69) is 75.7 Å². The van der Waals surface area contributed by atoms with E-state index in [0.717, 1.165) is 109 Å². The van der Waals surface area contributed by atoms with Crippen molar-refractivity contribution >= 4 is 21.7 Å². The SMILES string of the molecule is CCOC(O)c1c(CCCOc2cccc3ccccc23)c2cccc3c2n1C/C=C\COCc1nn(CCN2CCOCC2)c(CC)c1-3. The molecule has 7 rings (SSSR count). The third kappa shape index (κ3) is 7.04. The number of benzene rings is 3. The standard InChI is InChI=1S/C40H48N4O5/c1-3-35-37-33-16-10-15-31-32(17-11-25-49-36-18-9-13-29-12-5-6-14-30(29)36)39(40(45)48-4-2)43(38(31)33)19-7-8-24-47-28-34(37)41-44(35)21-20-42-22-26-46-27-23-42/h5-10,12-16,18,40,45H,3-4,11,17,19-28H2,1-2H3/b8-7-. The Kier molecular flexibility index (Phi) is 10.7. The molecule has 9 nitrogen and oxygen atoms in total. The van der Waals surface area contributed by atoms with Crippen LogP contribution in [-0.4, -0.2) is 77.0 Å². The average Bonchev–Trinajstić information content (AvgIpc) is 3.64. The molecule has 9 heteroatoms. The fraction of sp³-hybridized carbons (Fsp3) is 0.425. The molecule has 1 fully saturated rings. The molecule has 0 aliphatic carbocycles. The lowest BCUT2D eigenvalue weighted by Crippen LogP contribution is -2.38. The van der Waals surface area contributed by atoms with Gasteiger partial charge in [-0.25, -0.2) is 0 Å². The zero-order chi connectivity index (χ0) is 33.6. The molecule has 1 unspecified atom stereocenters. The van der Waals surface area contributed by atoms with Crippen LogP contribution in [0.1, 0.15) is 49.2 Å². The van der Waals surface area contributed by atoms with Crippen LogP contribution >= 0.6 is 0 Å². The molecule has 49 heavy (non-hydrogen) atoms. The lowest BCUT2D eigenvalue weighted by Gasteiger charge is -2.26. The first-order chi connectivity index (χ1) is 24.2. The third-order valence-corrected chi connectivity index (χ3v) is 9.74. The summed E-state index contributed by atoms with van der Waals surface area (Å²) in [5, 5.41) is 20.2. The second-order valence-corrected chi connectivity index (χ2v) is 12.7. The molecule has 0 amide bonds. The van der Waals surface area contributed by atoms with E-state index in [4.69, 9.17) is 24.0 Å². The molecule has 0 saturated carbocycles. The summed E-state index contributed by atoms with van der Waals surface area (Å²) in [6.45, 7) is 11.8. The highest BCUT2D eigenvalue weighted by Crippen LogP contribution is 2.41. The van der Waals surface area contributed by atoms with Crippen molar-refractivity contribution in [3.63, 3.8) is 0 Å². The Morgan fingerprint density at radius 1 is 0.918 bits per heavy atom. The molecule has 4 heterocycles. The summed E-state index contributed by atoms with van der Waals surface area (Å²) in [5.41, 5.74) is 7.40. The van der Waals surface area contributed by atoms with Gasteiger partial charge in [-0.3, -0.25) is 9.58 Å². The molecule has 1 N–H and O–H groups in total.